The topological polar surface area (TPSA) is 58.4 Å². The van der Waals surface area contributed by atoms with E-state index in [4.69, 9.17) is 0 Å². The van der Waals surface area contributed by atoms with Gasteiger partial charge in [0.15, 0.2) is 5.82 Å². The number of benzene rings is 2. The highest BCUT2D eigenvalue weighted by Gasteiger charge is 2.56. The predicted molar refractivity (Wildman–Crippen MR) is 109 cm³/mol. The Morgan fingerprint density at radius 2 is 1.82 bits per heavy atom. The Morgan fingerprint density at radius 1 is 1.11 bits per heavy atom. The summed E-state index contributed by atoms with van der Waals surface area (Å²) in [6.45, 7) is 2.00. The highest BCUT2D eigenvalue weighted by molar-refractivity contribution is 5.55. The number of phenols is 1. The van der Waals surface area contributed by atoms with Gasteiger partial charge in [-0.3, -0.25) is 9.36 Å². The molecule has 5 rings (SSSR count). The number of phenolic OH excluding ortho intramolecular Hbond substituents is 1. The maximum absolute atomic E-state index is 13.5. The van der Waals surface area contributed by atoms with Gasteiger partial charge in [-0.1, -0.05) is 36.4 Å². The Morgan fingerprint density at radius 3 is 2.50 bits per heavy atom. The molecule has 0 radical (unpaired) electrons. The molecule has 0 saturated heterocycles. The molecule has 2 fully saturated rings. The summed E-state index contributed by atoms with van der Waals surface area (Å²) >= 11 is 0. The van der Waals surface area contributed by atoms with Gasteiger partial charge in [0.1, 0.15) is 5.75 Å². The van der Waals surface area contributed by atoms with E-state index >= 15 is 0 Å². The quantitative estimate of drug-likeness (QED) is 0.737. The summed E-state index contributed by atoms with van der Waals surface area (Å²) in [4.78, 5) is 20.2. The molecule has 0 aliphatic heterocycles. The van der Waals surface area contributed by atoms with Gasteiger partial charge in [-0.05, 0) is 50.3 Å². The fourth-order valence-electron chi connectivity index (χ4n) is 4.27. The van der Waals surface area contributed by atoms with E-state index < -0.39 is 0 Å². The Hall–Kier alpha value is -3.08. The van der Waals surface area contributed by atoms with Gasteiger partial charge in [0.2, 0.25) is 0 Å². The van der Waals surface area contributed by atoms with E-state index in [1.165, 1.54) is 0 Å². The van der Waals surface area contributed by atoms with Crippen molar-refractivity contribution >= 4 is 5.82 Å². The first-order valence-corrected chi connectivity index (χ1v) is 9.83. The van der Waals surface area contributed by atoms with Crippen molar-refractivity contribution < 1.29 is 5.11 Å². The number of aromatic hydroxyl groups is 1. The van der Waals surface area contributed by atoms with E-state index in [0.717, 1.165) is 42.5 Å². The fourth-order valence-corrected chi connectivity index (χ4v) is 4.27. The third-order valence-electron chi connectivity index (χ3n) is 5.93. The van der Waals surface area contributed by atoms with Crippen LogP contribution in [0.5, 0.6) is 5.75 Å². The third-order valence-corrected chi connectivity index (χ3v) is 5.93. The number of aryl methyl sites for hydroxylation is 1. The normalized spacial score (nSPS) is 17.3. The van der Waals surface area contributed by atoms with Gasteiger partial charge in [0, 0.05) is 24.0 Å². The zero-order valence-corrected chi connectivity index (χ0v) is 15.9. The van der Waals surface area contributed by atoms with Gasteiger partial charge in [0.05, 0.1) is 11.2 Å². The van der Waals surface area contributed by atoms with Crippen LogP contribution in [0.15, 0.2) is 65.7 Å². The second kappa shape index (κ2) is 6.23. The number of hydrogen-bond donors (Lipinski definition) is 1. The van der Waals surface area contributed by atoms with Gasteiger partial charge in [-0.2, -0.15) is 0 Å². The maximum Gasteiger partial charge on any atom is 0.298 e. The molecule has 142 valence electrons. The van der Waals surface area contributed by atoms with Gasteiger partial charge in [0.25, 0.3) is 5.56 Å². The Bertz CT molecular complexity index is 1100. The summed E-state index contributed by atoms with van der Waals surface area (Å²) in [6, 6.07) is 15.7. The monoisotopic (exact) mass is 373 g/mol. The smallest absolute Gasteiger partial charge is 0.298 e. The number of hydrogen-bond acceptors (Lipinski definition) is 4. The molecule has 0 bridgehead atoms. The number of anilines is 1. The predicted octanol–water partition coefficient (Wildman–Crippen LogP) is 3.90. The average molecular weight is 373 g/mol. The lowest BCUT2D eigenvalue weighted by Crippen LogP contribution is -2.42. The molecule has 2 saturated carbocycles. The standard InChI is InChI=1S/C23H23N3O2/c1-16-6-2-4-8-19(16)25-15-14-24-21(22(25)28)26(17-10-11-17)23(12-13-23)18-7-3-5-9-20(18)27/h2-9,14-15,17,27H,10-13H2,1H3. The van der Waals surface area contributed by atoms with Crippen molar-refractivity contribution in [2.24, 2.45) is 0 Å². The van der Waals surface area contributed by atoms with Crippen molar-refractivity contribution in [3.05, 3.63) is 82.4 Å². The molecule has 1 aromatic heterocycles. The molecule has 2 aromatic carbocycles. The average Bonchev–Trinajstić information content (AvgIpc) is 3.61. The molecule has 28 heavy (non-hydrogen) atoms. The van der Waals surface area contributed by atoms with E-state index in [2.05, 4.69) is 9.88 Å². The number of para-hydroxylation sites is 2. The molecule has 5 heteroatoms. The molecule has 2 aliphatic carbocycles. The Labute approximate surface area is 163 Å². The van der Waals surface area contributed by atoms with Crippen LogP contribution in [-0.2, 0) is 5.54 Å². The van der Waals surface area contributed by atoms with Crippen molar-refractivity contribution in [1.82, 2.24) is 9.55 Å². The van der Waals surface area contributed by atoms with Gasteiger partial charge in [-0.15, -0.1) is 0 Å². The molecule has 3 aromatic rings. The van der Waals surface area contributed by atoms with E-state index in [0.29, 0.717) is 17.6 Å². The van der Waals surface area contributed by atoms with Crippen LogP contribution < -0.4 is 10.5 Å². The molecule has 1 N–H and O–H groups in total. The van der Waals surface area contributed by atoms with Crippen LogP contribution >= 0.6 is 0 Å². The van der Waals surface area contributed by atoms with Gasteiger partial charge >= 0.3 is 0 Å². The minimum atomic E-state index is -0.330. The first-order chi connectivity index (χ1) is 13.6. The summed E-state index contributed by atoms with van der Waals surface area (Å²) < 4.78 is 1.69. The van der Waals surface area contributed by atoms with Crippen LogP contribution in [0.1, 0.15) is 36.8 Å². The van der Waals surface area contributed by atoms with Crippen molar-refractivity contribution in [1.29, 1.82) is 0 Å². The summed E-state index contributed by atoms with van der Waals surface area (Å²) in [7, 11) is 0. The second-order valence-corrected chi connectivity index (χ2v) is 7.86. The van der Waals surface area contributed by atoms with E-state index in [9.17, 15) is 9.90 Å². The maximum atomic E-state index is 13.5. The minimum Gasteiger partial charge on any atom is -0.508 e. The molecule has 0 unspecified atom stereocenters. The van der Waals surface area contributed by atoms with Crippen molar-refractivity contribution in [3.8, 4) is 11.4 Å². The molecule has 2 aliphatic rings. The van der Waals surface area contributed by atoms with Crippen molar-refractivity contribution in [2.75, 3.05) is 4.90 Å². The SMILES string of the molecule is Cc1ccccc1-n1ccnc(N(C2CC2)C2(c3ccccc3O)CC2)c1=O. The van der Waals surface area contributed by atoms with Gasteiger partial charge in [-0.25, -0.2) is 4.98 Å². The van der Waals surface area contributed by atoms with Crippen LogP contribution in [0, 0.1) is 6.92 Å². The third kappa shape index (κ3) is 2.61. The first kappa shape index (κ1) is 17.0. The number of aromatic nitrogens is 2. The first-order valence-electron chi connectivity index (χ1n) is 9.83. The minimum absolute atomic E-state index is 0.106. The van der Waals surface area contributed by atoms with Crippen molar-refractivity contribution in [2.45, 2.75) is 44.2 Å². The van der Waals surface area contributed by atoms with Crippen LogP contribution in [0.25, 0.3) is 5.69 Å². The number of nitrogens with zero attached hydrogens (tertiary/aromatic N) is 3. The molecule has 0 spiro atoms. The van der Waals surface area contributed by atoms with Crippen LogP contribution in [0.4, 0.5) is 5.82 Å². The zero-order valence-electron chi connectivity index (χ0n) is 15.9. The van der Waals surface area contributed by atoms with Crippen molar-refractivity contribution in [3.63, 3.8) is 0 Å². The lowest BCUT2D eigenvalue weighted by molar-refractivity contribution is 0.453. The Balaban J connectivity index is 1.66. The second-order valence-electron chi connectivity index (χ2n) is 7.86. The lowest BCUT2D eigenvalue weighted by atomic mass is 10.0. The fraction of sp³-hybridized carbons (Fsp3) is 0.304. The highest BCUT2D eigenvalue weighted by atomic mass is 16.3. The summed E-state index contributed by atoms with van der Waals surface area (Å²) in [5, 5.41) is 10.5. The zero-order chi connectivity index (χ0) is 19.3. The molecule has 0 atom stereocenters. The molecule has 1 heterocycles. The molecular formula is C23H23N3O2. The Kier molecular flexibility index (Phi) is 3.79. The van der Waals surface area contributed by atoms with E-state index in [-0.39, 0.29) is 11.1 Å². The van der Waals surface area contributed by atoms with E-state index in [1.807, 2.05) is 49.4 Å². The summed E-state index contributed by atoms with van der Waals surface area (Å²) in [6.07, 6.45) is 7.38. The summed E-state index contributed by atoms with van der Waals surface area (Å²) in [5.74, 6) is 0.773. The van der Waals surface area contributed by atoms with Gasteiger partial charge < -0.3 is 10.0 Å². The highest BCUT2D eigenvalue weighted by Crippen LogP contribution is 2.57. The van der Waals surface area contributed by atoms with Crippen LogP contribution in [-0.4, -0.2) is 20.7 Å². The lowest BCUT2D eigenvalue weighted by Gasteiger charge is -2.33. The largest absolute Gasteiger partial charge is 0.508 e. The van der Waals surface area contributed by atoms with Crippen LogP contribution in [0.2, 0.25) is 0 Å². The molecule has 5 nitrogen and oxygen atoms in total. The number of rotatable bonds is 5. The summed E-state index contributed by atoms with van der Waals surface area (Å²) in [5.41, 5.74) is 2.38. The molecular weight excluding hydrogens is 350 g/mol. The van der Waals surface area contributed by atoms with E-state index in [1.54, 1.807) is 23.0 Å². The molecule has 0 amide bonds. The van der Waals surface area contributed by atoms with Crippen LogP contribution in [0.3, 0.4) is 0 Å².